The van der Waals surface area contributed by atoms with Crippen LogP contribution in [0.15, 0.2) is 53.1 Å². The average Bonchev–Trinajstić information content (AvgIpc) is 3.43. The van der Waals surface area contributed by atoms with Crippen molar-refractivity contribution in [2.75, 3.05) is 0 Å². The number of hydrogen-bond donors (Lipinski definition) is 1. The lowest BCUT2D eigenvalue weighted by Crippen LogP contribution is -2.02. The van der Waals surface area contributed by atoms with Crippen molar-refractivity contribution in [2.45, 2.75) is 31.9 Å². The third-order valence-corrected chi connectivity index (χ3v) is 5.46. The zero-order valence-electron chi connectivity index (χ0n) is 16.2. The van der Waals surface area contributed by atoms with E-state index in [0.717, 1.165) is 35.1 Å². The van der Waals surface area contributed by atoms with E-state index in [1.807, 2.05) is 24.3 Å². The SMILES string of the molecule is O=C(O)C[C@@H]1CCn2c1cc1cc(-c3noc(-c4cccc(OC(F)F)c4)n3)ccc12. The molecule has 31 heavy (non-hydrogen) atoms. The first-order valence-corrected chi connectivity index (χ1v) is 9.72. The highest BCUT2D eigenvalue weighted by Crippen LogP contribution is 2.37. The molecule has 0 spiro atoms. The Kier molecular flexibility index (Phi) is 4.65. The van der Waals surface area contributed by atoms with Gasteiger partial charge >= 0.3 is 12.6 Å². The van der Waals surface area contributed by atoms with Gasteiger partial charge in [0.1, 0.15) is 5.75 Å². The molecule has 7 nitrogen and oxygen atoms in total. The summed E-state index contributed by atoms with van der Waals surface area (Å²) in [4.78, 5) is 15.5. The van der Waals surface area contributed by atoms with E-state index in [1.165, 1.54) is 12.1 Å². The fraction of sp³-hybridized carbons (Fsp3) is 0.227. The van der Waals surface area contributed by atoms with Crippen LogP contribution in [0.4, 0.5) is 8.78 Å². The zero-order valence-corrected chi connectivity index (χ0v) is 16.2. The predicted octanol–water partition coefficient (Wildman–Crippen LogP) is 4.92. The Morgan fingerprint density at radius 2 is 2.10 bits per heavy atom. The molecule has 3 heterocycles. The number of ether oxygens (including phenoxy) is 1. The molecule has 1 N–H and O–H groups in total. The minimum Gasteiger partial charge on any atom is -0.481 e. The number of halogens is 2. The van der Waals surface area contributed by atoms with Crippen molar-refractivity contribution in [3.8, 4) is 28.6 Å². The van der Waals surface area contributed by atoms with E-state index in [2.05, 4.69) is 19.4 Å². The highest BCUT2D eigenvalue weighted by atomic mass is 19.3. The molecule has 1 atom stereocenters. The Hall–Kier alpha value is -3.75. The highest BCUT2D eigenvalue weighted by Gasteiger charge is 2.27. The van der Waals surface area contributed by atoms with Crippen LogP contribution in [0.25, 0.3) is 33.7 Å². The molecule has 0 radical (unpaired) electrons. The van der Waals surface area contributed by atoms with Gasteiger partial charge in [-0.15, -0.1) is 0 Å². The number of aryl methyl sites for hydroxylation is 1. The second-order valence-electron chi connectivity index (χ2n) is 7.41. The minimum atomic E-state index is -2.92. The van der Waals surface area contributed by atoms with Gasteiger partial charge < -0.3 is 18.9 Å². The van der Waals surface area contributed by atoms with Crippen LogP contribution in [0.1, 0.15) is 24.5 Å². The second kappa shape index (κ2) is 7.50. The van der Waals surface area contributed by atoms with Crippen LogP contribution >= 0.6 is 0 Å². The molecule has 9 heteroatoms. The van der Waals surface area contributed by atoms with E-state index in [9.17, 15) is 13.6 Å². The summed E-state index contributed by atoms with van der Waals surface area (Å²) in [6.45, 7) is -2.13. The summed E-state index contributed by atoms with van der Waals surface area (Å²) in [6, 6.07) is 13.9. The molecule has 0 amide bonds. The third kappa shape index (κ3) is 3.63. The number of aliphatic carboxylic acids is 1. The number of carbonyl (C=O) groups is 1. The van der Waals surface area contributed by atoms with E-state index in [1.54, 1.807) is 12.1 Å². The van der Waals surface area contributed by atoms with Crippen molar-refractivity contribution in [1.29, 1.82) is 0 Å². The van der Waals surface area contributed by atoms with Crippen molar-refractivity contribution >= 4 is 16.9 Å². The molecule has 158 valence electrons. The van der Waals surface area contributed by atoms with E-state index in [0.29, 0.717) is 11.4 Å². The van der Waals surface area contributed by atoms with Gasteiger partial charge in [-0.05, 0) is 48.9 Å². The molecule has 0 unspecified atom stereocenters. The maximum absolute atomic E-state index is 12.4. The number of alkyl halides is 2. The molecule has 1 aliphatic heterocycles. The molecular weight excluding hydrogens is 408 g/mol. The van der Waals surface area contributed by atoms with Gasteiger partial charge in [0.25, 0.3) is 5.89 Å². The molecule has 4 aromatic rings. The number of carboxylic acid groups (broad SMARTS) is 1. The van der Waals surface area contributed by atoms with Crippen LogP contribution in [0.5, 0.6) is 5.75 Å². The molecule has 0 aliphatic carbocycles. The van der Waals surface area contributed by atoms with Crippen LogP contribution in [0, 0.1) is 0 Å². The highest BCUT2D eigenvalue weighted by molar-refractivity contribution is 5.86. The topological polar surface area (TPSA) is 90.4 Å². The molecule has 2 aromatic heterocycles. The number of benzene rings is 2. The van der Waals surface area contributed by atoms with Gasteiger partial charge in [-0.2, -0.15) is 13.8 Å². The lowest BCUT2D eigenvalue weighted by molar-refractivity contribution is -0.137. The fourth-order valence-electron chi connectivity index (χ4n) is 4.13. The van der Waals surface area contributed by atoms with Crippen LogP contribution in [-0.4, -0.2) is 32.4 Å². The Morgan fingerprint density at radius 3 is 2.90 bits per heavy atom. The number of carboxylic acids is 1. The van der Waals surface area contributed by atoms with Gasteiger partial charge in [0.2, 0.25) is 5.82 Å². The molecule has 0 saturated heterocycles. The van der Waals surface area contributed by atoms with Gasteiger partial charge in [0, 0.05) is 40.2 Å². The zero-order chi connectivity index (χ0) is 21.5. The van der Waals surface area contributed by atoms with Gasteiger partial charge in [-0.1, -0.05) is 11.2 Å². The second-order valence-corrected chi connectivity index (χ2v) is 7.41. The summed E-state index contributed by atoms with van der Waals surface area (Å²) in [6.07, 6.45) is 0.938. The molecule has 2 aromatic carbocycles. The van der Waals surface area contributed by atoms with Crippen molar-refractivity contribution in [3.05, 3.63) is 54.2 Å². The van der Waals surface area contributed by atoms with Crippen molar-refractivity contribution in [3.63, 3.8) is 0 Å². The normalized spacial score (nSPS) is 15.5. The monoisotopic (exact) mass is 425 g/mol. The Labute approximate surface area is 174 Å². The van der Waals surface area contributed by atoms with Crippen LogP contribution in [0.2, 0.25) is 0 Å². The lowest BCUT2D eigenvalue weighted by atomic mass is 10.0. The first kappa shape index (κ1) is 19.2. The molecule has 0 bridgehead atoms. The van der Waals surface area contributed by atoms with Crippen molar-refractivity contribution in [2.24, 2.45) is 0 Å². The number of hydrogen-bond acceptors (Lipinski definition) is 5. The summed E-state index contributed by atoms with van der Waals surface area (Å²) < 4.78 is 36.8. The Morgan fingerprint density at radius 1 is 1.23 bits per heavy atom. The molecular formula is C22H17F2N3O4. The third-order valence-electron chi connectivity index (χ3n) is 5.46. The first-order valence-electron chi connectivity index (χ1n) is 9.72. The minimum absolute atomic E-state index is 0.00728. The first-order chi connectivity index (χ1) is 15.0. The quantitative estimate of drug-likeness (QED) is 0.472. The summed E-state index contributed by atoms with van der Waals surface area (Å²) in [7, 11) is 0. The van der Waals surface area contributed by atoms with E-state index < -0.39 is 12.6 Å². The van der Waals surface area contributed by atoms with Gasteiger partial charge in [0.05, 0.1) is 6.42 Å². The summed E-state index contributed by atoms with van der Waals surface area (Å²) >= 11 is 0. The van der Waals surface area contributed by atoms with E-state index >= 15 is 0 Å². The smallest absolute Gasteiger partial charge is 0.387 e. The number of nitrogens with zero attached hydrogens (tertiary/aromatic N) is 3. The van der Waals surface area contributed by atoms with Gasteiger partial charge in [0.15, 0.2) is 0 Å². The van der Waals surface area contributed by atoms with Crippen molar-refractivity contribution in [1.82, 2.24) is 14.7 Å². The average molecular weight is 425 g/mol. The summed E-state index contributed by atoms with van der Waals surface area (Å²) in [5, 5.41) is 14.1. The van der Waals surface area contributed by atoms with Crippen molar-refractivity contribution < 1.29 is 27.9 Å². The molecule has 0 saturated carbocycles. The van der Waals surface area contributed by atoms with E-state index in [-0.39, 0.29) is 24.0 Å². The largest absolute Gasteiger partial charge is 0.481 e. The predicted molar refractivity (Wildman–Crippen MR) is 107 cm³/mol. The number of rotatable bonds is 6. The van der Waals surface area contributed by atoms with Crippen LogP contribution < -0.4 is 4.74 Å². The maximum Gasteiger partial charge on any atom is 0.387 e. The summed E-state index contributed by atoms with van der Waals surface area (Å²) in [5.41, 5.74) is 3.27. The standard InChI is InChI=1S/C22H17F2N3O4/c23-22(24)30-16-3-1-2-14(9-16)21-25-20(26-31-21)13-4-5-17-15(8-13)10-18-12(11-19(28)29)6-7-27(17)18/h1-5,8-10,12,22H,6-7,11H2,(H,28,29)/t12-/m0/s1. The molecule has 0 fully saturated rings. The summed E-state index contributed by atoms with van der Waals surface area (Å²) in [5.74, 6) is -0.228. The van der Waals surface area contributed by atoms with Crippen LogP contribution in [-0.2, 0) is 11.3 Å². The van der Waals surface area contributed by atoms with Gasteiger partial charge in [-0.3, -0.25) is 4.79 Å². The van der Waals surface area contributed by atoms with E-state index in [4.69, 9.17) is 9.63 Å². The van der Waals surface area contributed by atoms with Crippen LogP contribution in [0.3, 0.4) is 0 Å². The molecule has 1 aliphatic rings. The maximum atomic E-state index is 12.4. The fourth-order valence-corrected chi connectivity index (χ4v) is 4.13. The Bertz CT molecular complexity index is 1280. The van der Waals surface area contributed by atoms with Gasteiger partial charge in [-0.25, -0.2) is 0 Å². The molecule has 5 rings (SSSR count). The number of fused-ring (bicyclic) bond motifs is 3. The lowest BCUT2D eigenvalue weighted by Gasteiger charge is -2.04. The number of aromatic nitrogens is 3. The Balaban J connectivity index is 1.45.